The predicted molar refractivity (Wildman–Crippen MR) is 104 cm³/mol. The van der Waals surface area contributed by atoms with E-state index in [0.717, 1.165) is 38.2 Å². The highest BCUT2D eigenvalue weighted by atomic mass is 16.2. The minimum Gasteiger partial charge on any atom is -0.322 e. The Kier molecular flexibility index (Phi) is 4.97. The van der Waals surface area contributed by atoms with Gasteiger partial charge in [-0.2, -0.15) is 0 Å². The van der Waals surface area contributed by atoms with Crippen LogP contribution in [0.1, 0.15) is 54.6 Å². The third-order valence-corrected chi connectivity index (χ3v) is 6.08. The number of nitrogens with one attached hydrogen (secondary N) is 2. The molecular weight excluding hydrogens is 356 g/mol. The number of hydrogen-bond donors (Lipinski definition) is 2. The molecule has 1 atom stereocenters. The maximum atomic E-state index is 12.8. The molecular formula is C21H28N4O3. The third-order valence-electron chi connectivity index (χ3n) is 6.08. The number of nitrogens with zero attached hydrogens (tertiary/aromatic N) is 2. The van der Waals surface area contributed by atoms with Crippen LogP contribution in [-0.4, -0.2) is 58.7 Å². The summed E-state index contributed by atoms with van der Waals surface area (Å²) in [5, 5.41) is 5.93. The van der Waals surface area contributed by atoms with Crippen molar-refractivity contribution in [2.75, 3.05) is 19.6 Å². The number of rotatable bonds is 3. The van der Waals surface area contributed by atoms with Crippen LogP contribution < -0.4 is 10.6 Å². The molecule has 3 aliphatic heterocycles. The molecule has 0 spiro atoms. The van der Waals surface area contributed by atoms with E-state index in [1.54, 1.807) is 4.90 Å². The molecule has 3 amide bonds. The Labute approximate surface area is 165 Å². The van der Waals surface area contributed by atoms with Crippen LogP contribution in [-0.2, 0) is 22.7 Å². The highest BCUT2D eigenvalue weighted by Gasteiger charge is 2.39. The second-order valence-corrected chi connectivity index (χ2v) is 8.73. The molecule has 0 saturated carbocycles. The molecule has 2 N–H and O–H groups in total. The summed E-state index contributed by atoms with van der Waals surface area (Å²) in [5.41, 5.74) is 3.01. The van der Waals surface area contributed by atoms with Gasteiger partial charge < -0.3 is 10.2 Å². The van der Waals surface area contributed by atoms with Crippen molar-refractivity contribution in [1.29, 1.82) is 0 Å². The first-order chi connectivity index (χ1) is 13.3. The summed E-state index contributed by atoms with van der Waals surface area (Å²) in [6.45, 7) is 8.78. The normalized spacial score (nSPS) is 25.4. The van der Waals surface area contributed by atoms with Crippen molar-refractivity contribution < 1.29 is 14.4 Å². The standard InChI is InChI=1S/C21H28N4O3/c1-21(2)7-9-24(10-8-22-21)12-14-3-4-16-15(11-14)13-25(20(16)28)17-5-6-18(26)23-19(17)27/h3-4,11,17,22H,5-10,12-13H2,1-2H3,(H,23,26,27). The summed E-state index contributed by atoms with van der Waals surface area (Å²) in [6.07, 6.45) is 1.77. The molecule has 4 rings (SSSR count). The molecule has 2 saturated heterocycles. The number of hydrogen-bond acceptors (Lipinski definition) is 5. The zero-order valence-corrected chi connectivity index (χ0v) is 16.6. The first kappa shape index (κ1) is 19.1. The SMILES string of the molecule is CC1(C)CCN(Cc2ccc3c(c2)CN(C2CCC(=O)NC2=O)C3=O)CCN1. The molecule has 0 bridgehead atoms. The van der Waals surface area contributed by atoms with Crippen molar-refractivity contribution >= 4 is 17.7 Å². The number of carbonyl (C=O) groups excluding carboxylic acids is 3. The second-order valence-electron chi connectivity index (χ2n) is 8.73. The van der Waals surface area contributed by atoms with E-state index >= 15 is 0 Å². The lowest BCUT2D eigenvalue weighted by Gasteiger charge is -2.29. The lowest BCUT2D eigenvalue weighted by molar-refractivity contribution is -0.136. The van der Waals surface area contributed by atoms with Crippen molar-refractivity contribution in [3.05, 3.63) is 34.9 Å². The second kappa shape index (κ2) is 7.29. The summed E-state index contributed by atoms with van der Waals surface area (Å²) in [4.78, 5) is 40.4. The van der Waals surface area contributed by atoms with E-state index < -0.39 is 6.04 Å². The van der Waals surface area contributed by atoms with Gasteiger partial charge in [0.25, 0.3) is 5.91 Å². The number of carbonyl (C=O) groups is 3. The van der Waals surface area contributed by atoms with Crippen LogP contribution >= 0.6 is 0 Å². The molecule has 1 unspecified atom stereocenters. The lowest BCUT2D eigenvalue weighted by atomic mass is 10.0. The molecule has 7 nitrogen and oxygen atoms in total. The minimum atomic E-state index is -0.556. The van der Waals surface area contributed by atoms with Crippen LogP contribution in [0.15, 0.2) is 18.2 Å². The quantitative estimate of drug-likeness (QED) is 0.761. The highest BCUT2D eigenvalue weighted by Crippen LogP contribution is 2.28. The molecule has 7 heteroatoms. The number of fused-ring (bicyclic) bond motifs is 1. The van der Waals surface area contributed by atoms with Gasteiger partial charge in [0.1, 0.15) is 6.04 Å². The first-order valence-electron chi connectivity index (χ1n) is 10.1. The van der Waals surface area contributed by atoms with E-state index in [1.165, 1.54) is 5.56 Å². The summed E-state index contributed by atoms with van der Waals surface area (Å²) in [5.74, 6) is -0.739. The fourth-order valence-corrected chi connectivity index (χ4v) is 4.33. The van der Waals surface area contributed by atoms with Gasteiger partial charge in [-0.15, -0.1) is 0 Å². The van der Waals surface area contributed by atoms with Crippen molar-refractivity contribution in [2.24, 2.45) is 0 Å². The van der Waals surface area contributed by atoms with Gasteiger partial charge >= 0.3 is 0 Å². The van der Waals surface area contributed by atoms with Gasteiger partial charge in [0, 0.05) is 50.2 Å². The van der Waals surface area contributed by atoms with Gasteiger partial charge in [0.2, 0.25) is 11.8 Å². The zero-order valence-electron chi connectivity index (χ0n) is 16.6. The molecule has 3 aliphatic rings. The maximum absolute atomic E-state index is 12.8. The van der Waals surface area contributed by atoms with Crippen LogP contribution in [0, 0.1) is 0 Å². The largest absolute Gasteiger partial charge is 0.322 e. The molecule has 1 aromatic carbocycles. The molecule has 28 heavy (non-hydrogen) atoms. The average Bonchev–Trinajstić information content (AvgIpc) is 2.84. The van der Waals surface area contributed by atoms with Gasteiger partial charge in [-0.3, -0.25) is 24.6 Å². The highest BCUT2D eigenvalue weighted by molar-refractivity contribution is 6.05. The first-order valence-corrected chi connectivity index (χ1v) is 10.1. The summed E-state index contributed by atoms with van der Waals surface area (Å²) < 4.78 is 0. The van der Waals surface area contributed by atoms with E-state index in [1.807, 2.05) is 12.1 Å². The Morgan fingerprint density at radius 1 is 1.18 bits per heavy atom. The number of piperidine rings is 1. The Hall–Kier alpha value is -2.25. The van der Waals surface area contributed by atoms with Gasteiger partial charge in [0.05, 0.1) is 0 Å². The monoisotopic (exact) mass is 384 g/mol. The van der Waals surface area contributed by atoms with Gasteiger partial charge in [-0.1, -0.05) is 12.1 Å². The molecule has 1 aromatic rings. The van der Waals surface area contributed by atoms with Crippen molar-refractivity contribution in [1.82, 2.24) is 20.4 Å². The molecule has 0 radical (unpaired) electrons. The van der Waals surface area contributed by atoms with Crippen molar-refractivity contribution in [2.45, 2.75) is 57.8 Å². The molecule has 150 valence electrons. The van der Waals surface area contributed by atoms with Gasteiger partial charge in [-0.05, 0) is 43.9 Å². The van der Waals surface area contributed by atoms with E-state index in [2.05, 4.69) is 35.4 Å². The average molecular weight is 384 g/mol. The van der Waals surface area contributed by atoms with E-state index in [9.17, 15) is 14.4 Å². The molecule has 2 fully saturated rings. The minimum absolute atomic E-state index is 0.114. The summed E-state index contributed by atoms with van der Waals surface area (Å²) in [6, 6.07) is 5.45. The van der Waals surface area contributed by atoms with Crippen LogP contribution in [0.2, 0.25) is 0 Å². The maximum Gasteiger partial charge on any atom is 0.255 e. The molecule has 3 heterocycles. The van der Waals surface area contributed by atoms with Crippen molar-refractivity contribution in [3.8, 4) is 0 Å². The molecule has 0 aliphatic carbocycles. The lowest BCUT2D eigenvalue weighted by Crippen LogP contribution is -2.52. The van der Waals surface area contributed by atoms with Crippen molar-refractivity contribution in [3.63, 3.8) is 0 Å². The Morgan fingerprint density at radius 3 is 2.79 bits per heavy atom. The zero-order chi connectivity index (χ0) is 19.9. The van der Waals surface area contributed by atoms with Crippen LogP contribution in [0.5, 0.6) is 0 Å². The van der Waals surface area contributed by atoms with Crippen LogP contribution in [0.3, 0.4) is 0 Å². The van der Waals surface area contributed by atoms with Gasteiger partial charge in [0.15, 0.2) is 0 Å². The van der Waals surface area contributed by atoms with Crippen LogP contribution in [0.25, 0.3) is 0 Å². The number of benzene rings is 1. The fraction of sp³-hybridized carbons (Fsp3) is 0.571. The Morgan fingerprint density at radius 2 is 2.00 bits per heavy atom. The smallest absolute Gasteiger partial charge is 0.255 e. The Bertz CT molecular complexity index is 820. The number of amides is 3. The van der Waals surface area contributed by atoms with E-state index in [0.29, 0.717) is 18.5 Å². The number of imide groups is 1. The van der Waals surface area contributed by atoms with E-state index in [-0.39, 0.29) is 29.7 Å². The predicted octanol–water partition coefficient (Wildman–Crippen LogP) is 1.02. The van der Waals surface area contributed by atoms with E-state index in [4.69, 9.17) is 0 Å². The molecule has 0 aromatic heterocycles. The van der Waals surface area contributed by atoms with Crippen LogP contribution in [0.4, 0.5) is 0 Å². The topological polar surface area (TPSA) is 81.8 Å². The Balaban J connectivity index is 1.45. The van der Waals surface area contributed by atoms with Gasteiger partial charge in [-0.25, -0.2) is 0 Å². The fourth-order valence-electron chi connectivity index (χ4n) is 4.33. The summed E-state index contributed by atoms with van der Waals surface area (Å²) >= 11 is 0. The summed E-state index contributed by atoms with van der Waals surface area (Å²) in [7, 11) is 0. The third kappa shape index (κ3) is 3.82.